The van der Waals surface area contributed by atoms with Crippen LogP contribution >= 0.6 is 0 Å². The van der Waals surface area contributed by atoms with Gasteiger partial charge in [-0.05, 0) is 11.8 Å². The molecular formula is C14H32. The minimum absolute atomic E-state index is 1.08. The van der Waals surface area contributed by atoms with Gasteiger partial charge in [-0.25, -0.2) is 0 Å². The van der Waals surface area contributed by atoms with Crippen molar-refractivity contribution in [2.75, 3.05) is 0 Å². The first-order valence-corrected chi connectivity index (χ1v) is 6.88. The Morgan fingerprint density at radius 2 is 1.36 bits per heavy atom. The van der Waals surface area contributed by atoms with Gasteiger partial charge in [0.15, 0.2) is 0 Å². The fourth-order valence-corrected chi connectivity index (χ4v) is 2.40. The van der Waals surface area contributed by atoms with Crippen LogP contribution in [0.5, 0.6) is 0 Å². The minimum atomic E-state index is 1.08. The molecule has 0 heterocycles. The standard InChI is InChI=1S/C10H20.2C2H6/c1-3-6-10-8-5-7-9(10)4-2;2*1-2/h9-10H,3-8H2,1-2H3;2*1-2H3. The van der Waals surface area contributed by atoms with Gasteiger partial charge in [0, 0.05) is 0 Å². The van der Waals surface area contributed by atoms with Gasteiger partial charge in [-0.1, -0.05) is 80.1 Å². The summed E-state index contributed by atoms with van der Waals surface area (Å²) in [4.78, 5) is 0. The van der Waals surface area contributed by atoms with Crippen LogP contribution in [0.15, 0.2) is 0 Å². The van der Waals surface area contributed by atoms with Crippen LogP contribution < -0.4 is 0 Å². The van der Waals surface area contributed by atoms with E-state index in [1.54, 1.807) is 0 Å². The molecule has 88 valence electrons. The van der Waals surface area contributed by atoms with Gasteiger partial charge in [-0.15, -0.1) is 0 Å². The molecule has 1 aliphatic carbocycles. The molecule has 0 amide bonds. The Morgan fingerprint density at radius 3 is 1.79 bits per heavy atom. The van der Waals surface area contributed by atoms with Crippen LogP contribution in [-0.2, 0) is 0 Å². The second-order valence-corrected chi connectivity index (χ2v) is 3.65. The van der Waals surface area contributed by atoms with E-state index < -0.39 is 0 Å². The third-order valence-electron chi connectivity index (χ3n) is 3.00. The van der Waals surface area contributed by atoms with Crippen molar-refractivity contribution in [3.05, 3.63) is 0 Å². The fraction of sp³-hybridized carbons (Fsp3) is 1.00. The summed E-state index contributed by atoms with van der Waals surface area (Å²) in [5.74, 6) is 2.18. The van der Waals surface area contributed by atoms with Crippen LogP contribution in [-0.4, -0.2) is 0 Å². The summed E-state index contributed by atoms with van der Waals surface area (Å²) in [6.45, 7) is 12.7. The lowest BCUT2D eigenvalue weighted by Gasteiger charge is -2.16. The van der Waals surface area contributed by atoms with Crippen LogP contribution in [0.3, 0.4) is 0 Å². The van der Waals surface area contributed by atoms with E-state index >= 15 is 0 Å². The van der Waals surface area contributed by atoms with Crippen LogP contribution in [0.25, 0.3) is 0 Å². The van der Waals surface area contributed by atoms with Crippen molar-refractivity contribution in [3.63, 3.8) is 0 Å². The van der Waals surface area contributed by atoms with E-state index in [0.29, 0.717) is 0 Å². The zero-order valence-electron chi connectivity index (χ0n) is 11.4. The third-order valence-corrected chi connectivity index (χ3v) is 3.00. The smallest absolute Gasteiger partial charge is 0.0386 e. The first-order chi connectivity index (χ1) is 6.88. The molecule has 14 heavy (non-hydrogen) atoms. The number of hydrogen-bond acceptors (Lipinski definition) is 0. The molecule has 1 fully saturated rings. The van der Waals surface area contributed by atoms with Crippen molar-refractivity contribution >= 4 is 0 Å². The van der Waals surface area contributed by atoms with Gasteiger partial charge in [-0.3, -0.25) is 0 Å². The molecule has 0 saturated heterocycles. The summed E-state index contributed by atoms with van der Waals surface area (Å²) < 4.78 is 0. The van der Waals surface area contributed by atoms with Crippen LogP contribution in [0.1, 0.15) is 80.1 Å². The van der Waals surface area contributed by atoms with E-state index in [1.807, 2.05) is 27.7 Å². The van der Waals surface area contributed by atoms with Gasteiger partial charge in [0.25, 0.3) is 0 Å². The van der Waals surface area contributed by atoms with E-state index in [-0.39, 0.29) is 0 Å². The maximum Gasteiger partial charge on any atom is -0.0386 e. The quantitative estimate of drug-likeness (QED) is 0.551. The van der Waals surface area contributed by atoms with E-state index in [9.17, 15) is 0 Å². The van der Waals surface area contributed by atoms with Crippen molar-refractivity contribution in [2.24, 2.45) is 11.8 Å². The lowest BCUT2D eigenvalue weighted by atomic mass is 9.90. The van der Waals surface area contributed by atoms with E-state index in [2.05, 4.69) is 13.8 Å². The monoisotopic (exact) mass is 200 g/mol. The molecule has 2 atom stereocenters. The largest absolute Gasteiger partial charge is 0.0683 e. The van der Waals surface area contributed by atoms with Crippen molar-refractivity contribution in [1.29, 1.82) is 0 Å². The molecule has 1 aliphatic rings. The summed E-state index contributed by atoms with van der Waals surface area (Å²) in [7, 11) is 0. The van der Waals surface area contributed by atoms with Gasteiger partial charge < -0.3 is 0 Å². The summed E-state index contributed by atoms with van der Waals surface area (Å²) in [6, 6.07) is 0. The predicted molar refractivity (Wildman–Crippen MR) is 68.7 cm³/mol. The normalized spacial score (nSPS) is 24.4. The Morgan fingerprint density at radius 1 is 0.857 bits per heavy atom. The highest BCUT2D eigenvalue weighted by molar-refractivity contribution is 4.75. The highest BCUT2D eigenvalue weighted by Crippen LogP contribution is 2.36. The molecule has 0 aromatic carbocycles. The van der Waals surface area contributed by atoms with Crippen molar-refractivity contribution in [1.82, 2.24) is 0 Å². The first-order valence-electron chi connectivity index (χ1n) is 6.88. The van der Waals surface area contributed by atoms with Gasteiger partial charge in [0.1, 0.15) is 0 Å². The highest BCUT2D eigenvalue weighted by Gasteiger charge is 2.24. The van der Waals surface area contributed by atoms with Crippen LogP contribution in [0, 0.1) is 11.8 Å². The second kappa shape index (κ2) is 13.0. The molecule has 0 radical (unpaired) electrons. The lowest BCUT2D eigenvalue weighted by molar-refractivity contribution is 0.352. The van der Waals surface area contributed by atoms with Gasteiger partial charge in [0.2, 0.25) is 0 Å². The molecule has 2 unspecified atom stereocenters. The summed E-state index contributed by atoms with van der Waals surface area (Å²) in [5, 5.41) is 0. The minimum Gasteiger partial charge on any atom is -0.0683 e. The molecule has 0 aliphatic heterocycles. The molecule has 0 bridgehead atoms. The molecule has 0 nitrogen and oxygen atoms in total. The van der Waals surface area contributed by atoms with E-state index in [1.165, 1.54) is 38.5 Å². The van der Waals surface area contributed by atoms with Crippen LogP contribution in [0.4, 0.5) is 0 Å². The molecule has 0 spiro atoms. The van der Waals surface area contributed by atoms with Crippen molar-refractivity contribution in [3.8, 4) is 0 Å². The predicted octanol–water partition coefficient (Wildman–Crippen LogP) is 5.67. The summed E-state index contributed by atoms with van der Waals surface area (Å²) in [5.41, 5.74) is 0. The Balaban J connectivity index is 0. The zero-order chi connectivity index (χ0) is 11.4. The van der Waals surface area contributed by atoms with E-state index in [0.717, 1.165) is 11.8 Å². The molecule has 0 aromatic heterocycles. The van der Waals surface area contributed by atoms with Gasteiger partial charge in [0.05, 0.1) is 0 Å². The second-order valence-electron chi connectivity index (χ2n) is 3.65. The summed E-state index contributed by atoms with van der Waals surface area (Å²) in [6.07, 6.45) is 8.83. The Bertz CT molecular complexity index is 86.0. The maximum absolute atomic E-state index is 2.35. The maximum atomic E-state index is 2.35. The Hall–Kier alpha value is 0. The van der Waals surface area contributed by atoms with E-state index in [4.69, 9.17) is 0 Å². The fourth-order valence-electron chi connectivity index (χ4n) is 2.40. The van der Waals surface area contributed by atoms with Crippen LogP contribution in [0.2, 0.25) is 0 Å². The van der Waals surface area contributed by atoms with Crippen molar-refractivity contribution in [2.45, 2.75) is 80.1 Å². The molecule has 1 saturated carbocycles. The average molecular weight is 200 g/mol. The number of hydrogen-bond donors (Lipinski definition) is 0. The third kappa shape index (κ3) is 6.45. The highest BCUT2D eigenvalue weighted by atomic mass is 14.3. The molecule has 1 rings (SSSR count). The Kier molecular flexibility index (Phi) is 15.3. The molecule has 0 N–H and O–H groups in total. The topological polar surface area (TPSA) is 0 Å². The molecule has 0 heteroatoms. The SMILES string of the molecule is CC.CC.CCCC1CCCC1CC. The summed E-state index contributed by atoms with van der Waals surface area (Å²) >= 11 is 0. The van der Waals surface area contributed by atoms with Crippen molar-refractivity contribution < 1.29 is 0 Å². The molecule has 0 aromatic rings. The number of rotatable bonds is 3. The Labute approximate surface area is 92.5 Å². The lowest BCUT2D eigenvalue weighted by Crippen LogP contribution is -2.05. The zero-order valence-corrected chi connectivity index (χ0v) is 11.4. The average Bonchev–Trinajstić information content (AvgIpc) is 2.72. The van der Waals surface area contributed by atoms with Gasteiger partial charge in [-0.2, -0.15) is 0 Å². The first kappa shape index (κ1) is 16.4. The molecular weight excluding hydrogens is 168 g/mol. The van der Waals surface area contributed by atoms with Gasteiger partial charge >= 0.3 is 0 Å².